The standard InChI is InChI=1S/C14H15ClN2O2/c1-2-17(7-8-18)14(19)13-9-11(15)10-5-3-4-6-12(10)16-13/h3-6,9,18H,2,7-8H2,1H3. The first-order valence-corrected chi connectivity index (χ1v) is 6.50. The molecule has 0 fully saturated rings. The van der Waals surface area contributed by atoms with E-state index in [1.54, 1.807) is 6.07 Å². The van der Waals surface area contributed by atoms with Crippen LogP contribution in [0.15, 0.2) is 30.3 Å². The van der Waals surface area contributed by atoms with E-state index in [1.807, 2.05) is 31.2 Å². The highest BCUT2D eigenvalue weighted by Gasteiger charge is 2.16. The lowest BCUT2D eigenvalue weighted by atomic mass is 10.2. The second-order valence-corrected chi connectivity index (χ2v) is 4.52. The summed E-state index contributed by atoms with van der Waals surface area (Å²) in [6, 6.07) is 8.99. The minimum Gasteiger partial charge on any atom is -0.395 e. The van der Waals surface area contributed by atoms with Crippen molar-refractivity contribution in [1.82, 2.24) is 9.88 Å². The molecule has 0 saturated carbocycles. The molecule has 1 N–H and O–H groups in total. The van der Waals surface area contributed by atoms with Gasteiger partial charge in [-0.1, -0.05) is 29.8 Å². The van der Waals surface area contributed by atoms with Gasteiger partial charge in [-0.25, -0.2) is 4.98 Å². The molecule has 1 heterocycles. The number of carbonyl (C=O) groups is 1. The topological polar surface area (TPSA) is 53.4 Å². The first-order valence-electron chi connectivity index (χ1n) is 6.12. The number of para-hydroxylation sites is 1. The van der Waals surface area contributed by atoms with Crippen LogP contribution < -0.4 is 0 Å². The van der Waals surface area contributed by atoms with Gasteiger partial charge in [0.15, 0.2) is 0 Å². The van der Waals surface area contributed by atoms with Gasteiger partial charge in [0.1, 0.15) is 5.69 Å². The van der Waals surface area contributed by atoms with E-state index < -0.39 is 0 Å². The highest BCUT2D eigenvalue weighted by molar-refractivity contribution is 6.35. The number of nitrogens with zero attached hydrogens (tertiary/aromatic N) is 2. The van der Waals surface area contributed by atoms with Crippen molar-refractivity contribution in [3.05, 3.63) is 41.0 Å². The van der Waals surface area contributed by atoms with Crippen molar-refractivity contribution in [1.29, 1.82) is 0 Å². The Kier molecular flexibility index (Phi) is 4.35. The van der Waals surface area contributed by atoms with Crippen LogP contribution in [-0.4, -0.2) is 40.6 Å². The predicted octanol–water partition coefficient (Wildman–Crippen LogP) is 2.34. The van der Waals surface area contributed by atoms with Gasteiger partial charge in [-0.05, 0) is 19.1 Å². The lowest BCUT2D eigenvalue weighted by molar-refractivity contribution is 0.0726. The summed E-state index contributed by atoms with van der Waals surface area (Å²) in [6.07, 6.45) is 0. The van der Waals surface area contributed by atoms with Gasteiger partial charge in [0.25, 0.3) is 5.91 Å². The maximum atomic E-state index is 12.3. The molecule has 0 bridgehead atoms. The van der Waals surface area contributed by atoms with Gasteiger partial charge in [0.2, 0.25) is 0 Å². The van der Waals surface area contributed by atoms with E-state index in [-0.39, 0.29) is 12.5 Å². The van der Waals surface area contributed by atoms with E-state index in [0.717, 1.165) is 5.39 Å². The van der Waals surface area contributed by atoms with Crippen LogP contribution in [0.5, 0.6) is 0 Å². The number of aromatic nitrogens is 1. The van der Waals surface area contributed by atoms with E-state index in [9.17, 15) is 4.79 Å². The number of amides is 1. The smallest absolute Gasteiger partial charge is 0.272 e. The molecule has 1 aromatic carbocycles. The summed E-state index contributed by atoms with van der Waals surface area (Å²) in [5, 5.41) is 10.3. The van der Waals surface area contributed by atoms with Crippen molar-refractivity contribution >= 4 is 28.4 Å². The Morgan fingerprint density at radius 2 is 2.16 bits per heavy atom. The second-order valence-electron chi connectivity index (χ2n) is 4.11. The van der Waals surface area contributed by atoms with Crippen molar-refractivity contribution in [3.63, 3.8) is 0 Å². The minimum atomic E-state index is -0.218. The average Bonchev–Trinajstić information content (AvgIpc) is 2.44. The average molecular weight is 279 g/mol. The molecule has 2 rings (SSSR count). The number of benzene rings is 1. The van der Waals surface area contributed by atoms with Crippen LogP contribution in [0.2, 0.25) is 5.02 Å². The van der Waals surface area contributed by atoms with Crippen LogP contribution in [-0.2, 0) is 0 Å². The number of hydrogen-bond acceptors (Lipinski definition) is 3. The van der Waals surface area contributed by atoms with Crippen molar-refractivity contribution in [2.75, 3.05) is 19.7 Å². The fraction of sp³-hybridized carbons (Fsp3) is 0.286. The highest BCUT2D eigenvalue weighted by Crippen LogP contribution is 2.23. The summed E-state index contributed by atoms with van der Waals surface area (Å²) in [6.45, 7) is 2.60. The number of aliphatic hydroxyl groups excluding tert-OH is 1. The number of likely N-dealkylation sites (N-methyl/N-ethyl adjacent to an activating group) is 1. The third kappa shape index (κ3) is 2.85. The third-order valence-corrected chi connectivity index (χ3v) is 3.24. The summed E-state index contributed by atoms with van der Waals surface area (Å²) in [7, 11) is 0. The molecule has 19 heavy (non-hydrogen) atoms. The molecule has 0 saturated heterocycles. The van der Waals surface area contributed by atoms with Crippen LogP contribution in [0.4, 0.5) is 0 Å². The fourth-order valence-corrected chi connectivity index (χ4v) is 2.19. The largest absolute Gasteiger partial charge is 0.395 e. The molecule has 4 nitrogen and oxygen atoms in total. The van der Waals surface area contributed by atoms with E-state index >= 15 is 0 Å². The molecule has 0 radical (unpaired) electrons. The van der Waals surface area contributed by atoms with Crippen molar-refractivity contribution < 1.29 is 9.90 Å². The van der Waals surface area contributed by atoms with Crippen LogP contribution in [0.3, 0.4) is 0 Å². The molecule has 100 valence electrons. The number of halogens is 1. The number of hydrogen-bond donors (Lipinski definition) is 1. The summed E-state index contributed by atoms with van der Waals surface area (Å²) < 4.78 is 0. The Morgan fingerprint density at radius 3 is 2.84 bits per heavy atom. The van der Waals surface area contributed by atoms with Crippen molar-refractivity contribution in [2.45, 2.75) is 6.92 Å². The number of pyridine rings is 1. The third-order valence-electron chi connectivity index (χ3n) is 2.92. The second kappa shape index (κ2) is 5.99. The quantitative estimate of drug-likeness (QED) is 0.934. The number of rotatable bonds is 4. The highest BCUT2D eigenvalue weighted by atomic mass is 35.5. The van der Waals surface area contributed by atoms with Crippen LogP contribution in [0.25, 0.3) is 10.9 Å². The molecule has 1 aromatic heterocycles. The zero-order valence-electron chi connectivity index (χ0n) is 10.6. The lowest BCUT2D eigenvalue weighted by Gasteiger charge is -2.19. The van der Waals surface area contributed by atoms with Gasteiger partial charge in [0, 0.05) is 18.5 Å². The Labute approximate surface area is 116 Å². The molecular formula is C14H15ClN2O2. The van der Waals surface area contributed by atoms with Crippen molar-refractivity contribution in [2.24, 2.45) is 0 Å². The minimum absolute atomic E-state index is 0.0686. The lowest BCUT2D eigenvalue weighted by Crippen LogP contribution is -2.33. The van der Waals surface area contributed by atoms with Crippen LogP contribution >= 0.6 is 11.6 Å². The van der Waals surface area contributed by atoms with Gasteiger partial charge >= 0.3 is 0 Å². The Bertz CT molecular complexity index is 601. The van der Waals surface area contributed by atoms with Crippen LogP contribution in [0.1, 0.15) is 17.4 Å². The summed E-state index contributed by atoms with van der Waals surface area (Å²) in [5.74, 6) is -0.218. The van der Waals surface area contributed by atoms with E-state index in [4.69, 9.17) is 16.7 Å². The van der Waals surface area contributed by atoms with Crippen LogP contribution in [0, 0.1) is 0 Å². The first-order chi connectivity index (χ1) is 9.17. The molecule has 0 unspecified atom stereocenters. The molecular weight excluding hydrogens is 264 g/mol. The van der Waals surface area contributed by atoms with Gasteiger partial charge in [-0.15, -0.1) is 0 Å². The first kappa shape index (κ1) is 13.8. The maximum absolute atomic E-state index is 12.3. The Morgan fingerprint density at radius 1 is 1.42 bits per heavy atom. The molecule has 0 atom stereocenters. The molecule has 5 heteroatoms. The number of fused-ring (bicyclic) bond motifs is 1. The van der Waals surface area contributed by atoms with E-state index in [2.05, 4.69) is 4.98 Å². The Hall–Kier alpha value is -1.65. The fourth-order valence-electron chi connectivity index (χ4n) is 1.93. The molecule has 0 aliphatic heterocycles. The summed E-state index contributed by atoms with van der Waals surface area (Å²) in [5.41, 5.74) is 0.998. The van der Waals surface area contributed by atoms with Gasteiger partial charge in [0.05, 0.1) is 17.1 Å². The Balaban J connectivity index is 2.42. The van der Waals surface area contributed by atoms with E-state index in [1.165, 1.54) is 4.90 Å². The van der Waals surface area contributed by atoms with E-state index in [0.29, 0.717) is 29.3 Å². The molecule has 1 amide bonds. The monoisotopic (exact) mass is 278 g/mol. The number of carbonyl (C=O) groups excluding carboxylic acids is 1. The molecule has 0 aliphatic carbocycles. The molecule has 2 aromatic rings. The summed E-state index contributed by atoms with van der Waals surface area (Å²) >= 11 is 6.17. The molecule has 0 spiro atoms. The van der Waals surface area contributed by atoms with Crippen molar-refractivity contribution in [3.8, 4) is 0 Å². The summed E-state index contributed by atoms with van der Waals surface area (Å²) in [4.78, 5) is 18.1. The zero-order chi connectivity index (χ0) is 13.8. The number of aliphatic hydroxyl groups is 1. The van der Waals surface area contributed by atoms with Gasteiger partial charge in [-0.3, -0.25) is 4.79 Å². The predicted molar refractivity (Wildman–Crippen MR) is 75.4 cm³/mol. The normalized spacial score (nSPS) is 10.7. The van der Waals surface area contributed by atoms with Gasteiger partial charge in [-0.2, -0.15) is 0 Å². The van der Waals surface area contributed by atoms with Gasteiger partial charge < -0.3 is 10.0 Å². The maximum Gasteiger partial charge on any atom is 0.272 e. The molecule has 0 aliphatic rings. The SMILES string of the molecule is CCN(CCO)C(=O)c1cc(Cl)c2ccccc2n1. The zero-order valence-corrected chi connectivity index (χ0v) is 11.4.